The predicted octanol–water partition coefficient (Wildman–Crippen LogP) is 4.93. The molecule has 0 fully saturated rings. The Kier molecular flexibility index (Phi) is 6.11. The highest BCUT2D eigenvalue weighted by Crippen LogP contribution is 2.18. The lowest BCUT2D eigenvalue weighted by Gasteiger charge is -2.12. The number of aromatic nitrogens is 2. The Hall–Kier alpha value is -3.99. The van der Waals surface area contributed by atoms with Crippen molar-refractivity contribution in [3.63, 3.8) is 0 Å². The summed E-state index contributed by atoms with van der Waals surface area (Å²) in [6.45, 7) is 0.562. The Bertz CT molecular complexity index is 1110. The summed E-state index contributed by atoms with van der Waals surface area (Å²) >= 11 is 0. The molecule has 0 saturated heterocycles. The molecular formula is C25H22N4O. The number of carbonyl (C=O) groups excluding carboxylic acids is 1. The van der Waals surface area contributed by atoms with Crippen LogP contribution in [0.3, 0.4) is 0 Å². The van der Waals surface area contributed by atoms with Gasteiger partial charge in [0, 0.05) is 30.8 Å². The molecular weight excluding hydrogens is 372 g/mol. The minimum absolute atomic E-state index is 0.197. The summed E-state index contributed by atoms with van der Waals surface area (Å²) < 4.78 is 0. The van der Waals surface area contributed by atoms with E-state index in [1.165, 1.54) is 5.56 Å². The lowest BCUT2D eigenvalue weighted by Crippen LogP contribution is -2.16. The minimum atomic E-state index is -0.197. The average molecular weight is 394 g/mol. The van der Waals surface area contributed by atoms with E-state index < -0.39 is 0 Å². The number of pyridine rings is 2. The molecule has 0 saturated carbocycles. The summed E-state index contributed by atoms with van der Waals surface area (Å²) in [6, 6.07) is 25.6. The van der Waals surface area contributed by atoms with Crippen molar-refractivity contribution in [1.82, 2.24) is 9.97 Å². The van der Waals surface area contributed by atoms with Gasteiger partial charge in [-0.15, -0.1) is 0 Å². The Labute approximate surface area is 175 Å². The van der Waals surface area contributed by atoms with Gasteiger partial charge in [-0.05, 0) is 59.5 Å². The van der Waals surface area contributed by atoms with E-state index in [-0.39, 0.29) is 5.91 Å². The normalized spacial score (nSPS) is 10.4. The summed E-state index contributed by atoms with van der Waals surface area (Å²) in [4.78, 5) is 21.3. The maximum Gasteiger partial charge on any atom is 0.259 e. The Morgan fingerprint density at radius 2 is 1.57 bits per heavy atom. The number of hydrogen-bond acceptors (Lipinski definition) is 4. The number of rotatable bonds is 7. The first-order chi connectivity index (χ1) is 14.8. The van der Waals surface area contributed by atoms with Gasteiger partial charge in [0.05, 0.1) is 5.56 Å². The van der Waals surface area contributed by atoms with E-state index in [0.29, 0.717) is 17.9 Å². The van der Waals surface area contributed by atoms with E-state index in [0.717, 1.165) is 23.2 Å². The van der Waals surface area contributed by atoms with Crippen LogP contribution in [0, 0.1) is 0 Å². The number of hydrogen-bond donors (Lipinski definition) is 2. The lowest BCUT2D eigenvalue weighted by molar-refractivity contribution is 0.102. The van der Waals surface area contributed by atoms with Gasteiger partial charge < -0.3 is 10.6 Å². The number of nitrogens with one attached hydrogen (secondary N) is 2. The molecule has 0 unspecified atom stereocenters. The predicted molar refractivity (Wildman–Crippen MR) is 119 cm³/mol. The highest BCUT2D eigenvalue weighted by Gasteiger charge is 2.13. The molecule has 0 bridgehead atoms. The number of anilines is 2. The Morgan fingerprint density at radius 3 is 2.40 bits per heavy atom. The van der Waals surface area contributed by atoms with Crippen molar-refractivity contribution in [2.45, 2.75) is 13.0 Å². The highest BCUT2D eigenvalue weighted by molar-refractivity contribution is 6.07. The summed E-state index contributed by atoms with van der Waals surface area (Å²) in [5.74, 6) is 0.351. The second-order valence-corrected chi connectivity index (χ2v) is 6.93. The number of benzene rings is 2. The fourth-order valence-electron chi connectivity index (χ4n) is 3.20. The molecule has 2 heterocycles. The fraction of sp³-hybridized carbons (Fsp3) is 0.0800. The monoisotopic (exact) mass is 394 g/mol. The Balaban J connectivity index is 1.46. The molecule has 0 aliphatic heterocycles. The first-order valence-corrected chi connectivity index (χ1v) is 9.80. The summed E-state index contributed by atoms with van der Waals surface area (Å²) in [7, 11) is 0. The molecule has 4 aromatic rings. The molecule has 1 amide bonds. The summed E-state index contributed by atoms with van der Waals surface area (Å²) in [5.41, 5.74) is 4.70. The van der Waals surface area contributed by atoms with Crippen LogP contribution in [-0.2, 0) is 13.0 Å². The molecule has 0 aliphatic carbocycles. The van der Waals surface area contributed by atoms with Crippen molar-refractivity contribution >= 4 is 17.4 Å². The quantitative estimate of drug-likeness (QED) is 0.466. The molecule has 2 aromatic carbocycles. The highest BCUT2D eigenvalue weighted by atomic mass is 16.1. The summed E-state index contributed by atoms with van der Waals surface area (Å²) in [5, 5.41) is 6.23. The fourth-order valence-corrected chi connectivity index (χ4v) is 3.20. The van der Waals surface area contributed by atoms with Crippen molar-refractivity contribution < 1.29 is 4.79 Å². The van der Waals surface area contributed by atoms with E-state index >= 15 is 0 Å². The zero-order valence-corrected chi connectivity index (χ0v) is 16.5. The van der Waals surface area contributed by atoms with E-state index in [1.54, 1.807) is 30.7 Å². The van der Waals surface area contributed by atoms with E-state index in [2.05, 4.69) is 38.8 Å². The van der Waals surface area contributed by atoms with Gasteiger partial charge in [-0.3, -0.25) is 9.78 Å². The van der Waals surface area contributed by atoms with Gasteiger partial charge in [-0.1, -0.05) is 42.5 Å². The first-order valence-electron chi connectivity index (χ1n) is 9.80. The zero-order valence-electron chi connectivity index (χ0n) is 16.5. The molecule has 5 heteroatoms. The zero-order chi connectivity index (χ0) is 20.6. The van der Waals surface area contributed by atoms with Crippen molar-refractivity contribution in [2.24, 2.45) is 0 Å². The second-order valence-electron chi connectivity index (χ2n) is 6.93. The van der Waals surface area contributed by atoms with Crippen LogP contribution in [0.5, 0.6) is 0 Å². The smallest absolute Gasteiger partial charge is 0.259 e. The van der Waals surface area contributed by atoms with Crippen LogP contribution in [0.2, 0.25) is 0 Å². The molecule has 4 rings (SSSR count). The third-order valence-corrected chi connectivity index (χ3v) is 4.70. The molecule has 0 radical (unpaired) electrons. The van der Waals surface area contributed by atoms with Crippen molar-refractivity contribution in [2.75, 3.05) is 10.6 Å². The average Bonchev–Trinajstić information content (AvgIpc) is 2.79. The summed E-state index contributed by atoms with van der Waals surface area (Å²) in [6.07, 6.45) is 5.97. The van der Waals surface area contributed by atoms with Crippen LogP contribution >= 0.6 is 0 Å². The SMILES string of the molecule is O=C(Nc1cccc(Cc2ccccc2)c1)c1cccnc1NCc1ccncc1. The van der Waals surface area contributed by atoms with Crippen molar-refractivity contribution in [3.05, 3.63) is 120 Å². The number of nitrogens with zero attached hydrogens (tertiary/aromatic N) is 2. The van der Waals surface area contributed by atoms with E-state index in [4.69, 9.17) is 0 Å². The van der Waals surface area contributed by atoms with Crippen molar-refractivity contribution in [1.29, 1.82) is 0 Å². The van der Waals surface area contributed by atoms with Crippen LogP contribution in [-0.4, -0.2) is 15.9 Å². The van der Waals surface area contributed by atoms with Gasteiger partial charge in [-0.25, -0.2) is 4.98 Å². The van der Waals surface area contributed by atoms with E-state index in [9.17, 15) is 4.79 Å². The standard InChI is InChI=1S/C25H22N4O/c30-25(23-10-5-13-27-24(23)28-18-20-11-14-26-15-12-20)29-22-9-4-8-21(17-22)16-19-6-2-1-3-7-19/h1-15,17H,16,18H2,(H,27,28)(H,29,30). The van der Waals surface area contributed by atoms with Gasteiger partial charge in [0.25, 0.3) is 5.91 Å². The van der Waals surface area contributed by atoms with Crippen molar-refractivity contribution in [3.8, 4) is 0 Å². The second kappa shape index (κ2) is 9.47. The Morgan fingerprint density at radius 1 is 0.767 bits per heavy atom. The topological polar surface area (TPSA) is 66.9 Å². The third kappa shape index (κ3) is 5.08. The molecule has 2 N–H and O–H groups in total. The largest absolute Gasteiger partial charge is 0.365 e. The molecule has 2 aromatic heterocycles. The maximum absolute atomic E-state index is 12.9. The maximum atomic E-state index is 12.9. The molecule has 0 atom stereocenters. The van der Waals surface area contributed by atoms with Gasteiger partial charge >= 0.3 is 0 Å². The van der Waals surface area contributed by atoms with E-state index in [1.807, 2.05) is 48.5 Å². The van der Waals surface area contributed by atoms with Crippen LogP contribution in [0.4, 0.5) is 11.5 Å². The number of carbonyl (C=O) groups is 1. The number of amides is 1. The molecule has 148 valence electrons. The third-order valence-electron chi connectivity index (χ3n) is 4.70. The van der Waals surface area contributed by atoms with Gasteiger partial charge in [0.1, 0.15) is 5.82 Å². The minimum Gasteiger partial charge on any atom is -0.365 e. The molecule has 30 heavy (non-hydrogen) atoms. The lowest BCUT2D eigenvalue weighted by atomic mass is 10.0. The molecule has 0 spiro atoms. The van der Waals surface area contributed by atoms with Crippen LogP contribution in [0.25, 0.3) is 0 Å². The van der Waals surface area contributed by atoms with Crippen LogP contribution in [0.15, 0.2) is 97.5 Å². The van der Waals surface area contributed by atoms with Gasteiger partial charge in [0.2, 0.25) is 0 Å². The van der Waals surface area contributed by atoms with Crippen LogP contribution < -0.4 is 10.6 Å². The van der Waals surface area contributed by atoms with Crippen LogP contribution in [0.1, 0.15) is 27.0 Å². The molecule has 5 nitrogen and oxygen atoms in total. The first kappa shape index (κ1) is 19.3. The molecule has 0 aliphatic rings. The van der Waals surface area contributed by atoms with Gasteiger partial charge in [0.15, 0.2) is 0 Å². The van der Waals surface area contributed by atoms with Gasteiger partial charge in [-0.2, -0.15) is 0 Å².